The van der Waals surface area contributed by atoms with Crippen molar-refractivity contribution in [1.29, 1.82) is 0 Å². The lowest BCUT2D eigenvalue weighted by molar-refractivity contribution is -0.169. The summed E-state index contributed by atoms with van der Waals surface area (Å²) in [6.45, 7) is 13.2. The Balaban J connectivity index is 3.35. The van der Waals surface area contributed by atoms with Gasteiger partial charge in [-0.1, -0.05) is 46.4 Å². The highest BCUT2D eigenvalue weighted by Crippen LogP contribution is 2.41. The van der Waals surface area contributed by atoms with Crippen molar-refractivity contribution in [2.45, 2.75) is 40.2 Å². The van der Waals surface area contributed by atoms with E-state index in [1.807, 2.05) is 27.7 Å². The Bertz CT molecular complexity index is 478. The van der Waals surface area contributed by atoms with Crippen LogP contribution < -0.4 is 0 Å². The van der Waals surface area contributed by atoms with E-state index in [9.17, 15) is 9.18 Å². The van der Waals surface area contributed by atoms with Gasteiger partial charge in [-0.3, -0.25) is 0 Å². The zero-order valence-electron chi connectivity index (χ0n) is 12.9. The SMILES string of the molecule is C=C(C)C(=O)OC(c1ccc(F)cc1)(C(C)C)C(C)C. The molecule has 3 heteroatoms. The maximum Gasteiger partial charge on any atom is 0.334 e. The number of carbonyl (C=O) groups is 1. The molecule has 0 aliphatic rings. The lowest BCUT2D eigenvalue weighted by Crippen LogP contribution is -2.42. The van der Waals surface area contributed by atoms with Gasteiger partial charge in [0.15, 0.2) is 0 Å². The molecule has 0 N–H and O–H groups in total. The third-order valence-corrected chi connectivity index (χ3v) is 3.62. The van der Waals surface area contributed by atoms with Crippen LogP contribution in [0.3, 0.4) is 0 Å². The van der Waals surface area contributed by atoms with Crippen LogP contribution in [0.5, 0.6) is 0 Å². The van der Waals surface area contributed by atoms with E-state index in [4.69, 9.17) is 4.74 Å². The molecule has 0 atom stereocenters. The molecule has 0 unspecified atom stereocenters. The van der Waals surface area contributed by atoms with Crippen molar-refractivity contribution in [2.75, 3.05) is 0 Å². The molecule has 1 aromatic carbocycles. The number of halogens is 1. The molecule has 0 radical (unpaired) electrons. The van der Waals surface area contributed by atoms with Crippen LogP contribution in [-0.4, -0.2) is 5.97 Å². The fraction of sp³-hybridized carbons (Fsp3) is 0.471. The molecule has 0 saturated carbocycles. The maximum atomic E-state index is 13.1. The van der Waals surface area contributed by atoms with E-state index in [1.54, 1.807) is 19.1 Å². The topological polar surface area (TPSA) is 26.3 Å². The summed E-state index contributed by atoms with van der Waals surface area (Å²) < 4.78 is 18.9. The van der Waals surface area contributed by atoms with E-state index in [0.717, 1.165) is 5.56 Å². The largest absolute Gasteiger partial charge is 0.450 e. The van der Waals surface area contributed by atoms with E-state index in [2.05, 4.69) is 6.58 Å². The van der Waals surface area contributed by atoms with Crippen molar-refractivity contribution < 1.29 is 13.9 Å². The number of rotatable bonds is 5. The van der Waals surface area contributed by atoms with Gasteiger partial charge in [0.05, 0.1) is 0 Å². The second-order valence-electron chi connectivity index (χ2n) is 5.78. The minimum Gasteiger partial charge on any atom is -0.450 e. The van der Waals surface area contributed by atoms with Gasteiger partial charge in [0.1, 0.15) is 11.4 Å². The second-order valence-corrected chi connectivity index (χ2v) is 5.78. The number of esters is 1. The summed E-state index contributed by atoms with van der Waals surface area (Å²) in [6.07, 6.45) is 0. The normalized spacial score (nSPS) is 11.8. The molecule has 0 aromatic heterocycles. The van der Waals surface area contributed by atoms with Crippen molar-refractivity contribution in [3.05, 3.63) is 47.8 Å². The number of ether oxygens (including phenoxy) is 1. The molecular weight excluding hydrogens is 255 g/mol. The van der Waals surface area contributed by atoms with Gasteiger partial charge in [0, 0.05) is 5.57 Å². The molecule has 0 saturated heterocycles. The number of hydrogen-bond acceptors (Lipinski definition) is 2. The maximum absolute atomic E-state index is 13.1. The summed E-state index contributed by atoms with van der Waals surface area (Å²) >= 11 is 0. The Morgan fingerprint density at radius 2 is 1.60 bits per heavy atom. The van der Waals surface area contributed by atoms with Crippen LogP contribution in [-0.2, 0) is 15.1 Å². The summed E-state index contributed by atoms with van der Waals surface area (Å²) in [5.41, 5.74) is 0.375. The molecule has 0 fully saturated rings. The van der Waals surface area contributed by atoms with Crippen LogP contribution in [0.1, 0.15) is 40.2 Å². The first-order valence-corrected chi connectivity index (χ1v) is 6.86. The fourth-order valence-corrected chi connectivity index (χ4v) is 2.58. The zero-order chi connectivity index (χ0) is 15.5. The van der Waals surface area contributed by atoms with Gasteiger partial charge >= 0.3 is 5.97 Å². The summed E-state index contributed by atoms with van der Waals surface area (Å²) in [5.74, 6) is -0.620. The molecule has 110 valence electrons. The summed E-state index contributed by atoms with van der Waals surface area (Å²) in [6, 6.07) is 6.15. The van der Waals surface area contributed by atoms with Crippen molar-refractivity contribution in [3.63, 3.8) is 0 Å². The van der Waals surface area contributed by atoms with E-state index in [1.165, 1.54) is 12.1 Å². The Morgan fingerprint density at radius 3 is 1.95 bits per heavy atom. The van der Waals surface area contributed by atoms with Crippen molar-refractivity contribution in [2.24, 2.45) is 11.8 Å². The molecule has 0 bridgehead atoms. The van der Waals surface area contributed by atoms with Crippen LogP contribution in [0.2, 0.25) is 0 Å². The monoisotopic (exact) mass is 278 g/mol. The van der Waals surface area contributed by atoms with Gasteiger partial charge in [0.2, 0.25) is 0 Å². The Kier molecular flexibility index (Phi) is 5.09. The van der Waals surface area contributed by atoms with Crippen LogP contribution in [0.4, 0.5) is 4.39 Å². The Morgan fingerprint density at radius 1 is 1.15 bits per heavy atom. The number of benzene rings is 1. The number of hydrogen-bond donors (Lipinski definition) is 0. The Labute approximate surface area is 120 Å². The van der Waals surface area contributed by atoms with Crippen molar-refractivity contribution in [1.82, 2.24) is 0 Å². The highest BCUT2D eigenvalue weighted by Gasteiger charge is 2.43. The van der Waals surface area contributed by atoms with Crippen LogP contribution >= 0.6 is 0 Å². The summed E-state index contributed by atoms with van der Waals surface area (Å²) in [4.78, 5) is 12.0. The Hall–Kier alpha value is -1.64. The summed E-state index contributed by atoms with van der Waals surface area (Å²) in [7, 11) is 0. The number of carbonyl (C=O) groups excluding carboxylic acids is 1. The first-order chi connectivity index (χ1) is 9.21. The van der Waals surface area contributed by atoms with Crippen molar-refractivity contribution in [3.8, 4) is 0 Å². The smallest absolute Gasteiger partial charge is 0.334 e. The van der Waals surface area contributed by atoms with Crippen LogP contribution in [0.25, 0.3) is 0 Å². The molecule has 1 aromatic rings. The molecule has 0 heterocycles. The molecular formula is C17H23FO2. The zero-order valence-corrected chi connectivity index (χ0v) is 12.9. The first kappa shape index (κ1) is 16.4. The molecule has 0 aliphatic carbocycles. The van der Waals surface area contributed by atoms with Crippen molar-refractivity contribution >= 4 is 5.97 Å². The van der Waals surface area contributed by atoms with Gasteiger partial charge < -0.3 is 4.74 Å². The van der Waals surface area contributed by atoms with E-state index < -0.39 is 11.6 Å². The molecule has 20 heavy (non-hydrogen) atoms. The lowest BCUT2D eigenvalue weighted by Gasteiger charge is -2.41. The van der Waals surface area contributed by atoms with Gasteiger partial charge in [0.25, 0.3) is 0 Å². The molecule has 0 aliphatic heterocycles. The van der Waals surface area contributed by atoms with E-state index >= 15 is 0 Å². The second kappa shape index (κ2) is 6.21. The average molecular weight is 278 g/mol. The molecule has 2 nitrogen and oxygen atoms in total. The molecule has 0 spiro atoms. The lowest BCUT2D eigenvalue weighted by atomic mass is 9.75. The van der Waals surface area contributed by atoms with Gasteiger partial charge in [-0.2, -0.15) is 0 Å². The average Bonchev–Trinajstić information content (AvgIpc) is 2.35. The quantitative estimate of drug-likeness (QED) is 0.587. The predicted molar refractivity (Wildman–Crippen MR) is 78.7 cm³/mol. The minimum absolute atomic E-state index is 0.0521. The van der Waals surface area contributed by atoms with Crippen LogP contribution in [0, 0.1) is 17.7 Å². The molecule has 1 rings (SSSR count). The third-order valence-electron chi connectivity index (χ3n) is 3.62. The van der Waals surface area contributed by atoms with Gasteiger partial charge in [-0.25, -0.2) is 9.18 Å². The van der Waals surface area contributed by atoms with Gasteiger partial charge in [-0.15, -0.1) is 0 Å². The third kappa shape index (κ3) is 3.09. The van der Waals surface area contributed by atoms with E-state index in [-0.39, 0.29) is 17.7 Å². The van der Waals surface area contributed by atoms with Gasteiger partial charge in [-0.05, 0) is 36.5 Å². The highest BCUT2D eigenvalue weighted by atomic mass is 19.1. The first-order valence-electron chi connectivity index (χ1n) is 6.86. The van der Waals surface area contributed by atoms with Crippen LogP contribution in [0.15, 0.2) is 36.4 Å². The minimum atomic E-state index is -0.788. The summed E-state index contributed by atoms with van der Waals surface area (Å²) in [5, 5.41) is 0. The fourth-order valence-electron chi connectivity index (χ4n) is 2.58. The highest BCUT2D eigenvalue weighted by molar-refractivity contribution is 5.87. The predicted octanol–water partition coefficient (Wildman–Crippen LogP) is 4.45. The molecule has 0 amide bonds. The van der Waals surface area contributed by atoms with E-state index in [0.29, 0.717) is 5.57 Å². The standard InChI is InChI=1S/C17H23FO2/c1-11(2)16(19)20-17(12(3)4,13(5)6)14-7-9-15(18)10-8-14/h7-10,12-13H,1H2,2-6H3.